The lowest BCUT2D eigenvalue weighted by molar-refractivity contribution is -0.132. The lowest BCUT2D eigenvalue weighted by Crippen LogP contribution is -2.48. The zero-order chi connectivity index (χ0) is 24.4. The molecule has 0 saturated carbocycles. The van der Waals surface area contributed by atoms with Crippen molar-refractivity contribution in [2.75, 3.05) is 40.4 Å². The summed E-state index contributed by atoms with van der Waals surface area (Å²) in [6.07, 6.45) is 0.669. The SMILES string of the molecule is CCNC(=O)N(CC(=O)N(CCc1ccc(OC)c(OC)c1)Cc1sccc1C)CC(C)C. The van der Waals surface area contributed by atoms with Crippen molar-refractivity contribution >= 4 is 23.3 Å². The highest BCUT2D eigenvalue weighted by molar-refractivity contribution is 7.10. The van der Waals surface area contributed by atoms with Crippen molar-refractivity contribution in [2.45, 2.75) is 40.7 Å². The highest BCUT2D eigenvalue weighted by atomic mass is 32.1. The van der Waals surface area contributed by atoms with Crippen LogP contribution in [-0.2, 0) is 17.8 Å². The first kappa shape index (κ1) is 26.5. The molecule has 0 radical (unpaired) electrons. The number of carbonyl (C=O) groups is 2. The second-order valence-corrected chi connectivity index (χ2v) is 9.39. The maximum atomic E-state index is 13.4. The summed E-state index contributed by atoms with van der Waals surface area (Å²) in [6.45, 7) is 10.2. The second-order valence-electron chi connectivity index (χ2n) is 8.39. The fourth-order valence-electron chi connectivity index (χ4n) is 3.52. The number of carbonyl (C=O) groups excluding carboxylic acids is 2. The molecule has 0 aliphatic rings. The Hall–Kier alpha value is -2.74. The predicted octanol–water partition coefficient (Wildman–Crippen LogP) is 4.33. The summed E-state index contributed by atoms with van der Waals surface area (Å²) in [7, 11) is 3.22. The second kappa shape index (κ2) is 13.1. The summed E-state index contributed by atoms with van der Waals surface area (Å²) in [5.41, 5.74) is 2.22. The Morgan fingerprint density at radius 1 is 1.09 bits per heavy atom. The Morgan fingerprint density at radius 3 is 2.39 bits per heavy atom. The first-order chi connectivity index (χ1) is 15.8. The first-order valence-corrected chi connectivity index (χ1v) is 12.2. The van der Waals surface area contributed by atoms with E-state index < -0.39 is 0 Å². The number of hydrogen-bond acceptors (Lipinski definition) is 5. The molecule has 182 valence electrons. The van der Waals surface area contributed by atoms with Gasteiger partial charge in [0.2, 0.25) is 5.91 Å². The molecular formula is C25H37N3O4S. The molecule has 0 aliphatic heterocycles. The molecule has 1 aromatic carbocycles. The smallest absolute Gasteiger partial charge is 0.317 e. The van der Waals surface area contributed by atoms with Crippen molar-refractivity contribution in [1.29, 1.82) is 0 Å². The molecule has 3 amide bonds. The first-order valence-electron chi connectivity index (χ1n) is 11.3. The van der Waals surface area contributed by atoms with E-state index >= 15 is 0 Å². The van der Waals surface area contributed by atoms with Crippen molar-refractivity contribution in [3.8, 4) is 11.5 Å². The Kier molecular flexibility index (Phi) is 10.5. The van der Waals surface area contributed by atoms with Crippen LogP contribution >= 0.6 is 11.3 Å². The van der Waals surface area contributed by atoms with E-state index in [-0.39, 0.29) is 24.4 Å². The molecule has 1 aromatic heterocycles. The Labute approximate surface area is 201 Å². The number of nitrogens with one attached hydrogen (secondary N) is 1. The molecule has 7 nitrogen and oxygen atoms in total. The summed E-state index contributed by atoms with van der Waals surface area (Å²) < 4.78 is 10.7. The number of urea groups is 1. The van der Waals surface area contributed by atoms with E-state index in [4.69, 9.17) is 9.47 Å². The van der Waals surface area contributed by atoms with Crippen LogP contribution in [0.5, 0.6) is 11.5 Å². The van der Waals surface area contributed by atoms with E-state index in [0.717, 1.165) is 10.4 Å². The Bertz CT molecular complexity index is 913. The van der Waals surface area contributed by atoms with Crippen LogP contribution in [0.2, 0.25) is 0 Å². The van der Waals surface area contributed by atoms with E-state index in [2.05, 4.69) is 18.3 Å². The molecule has 0 saturated heterocycles. The quantitative estimate of drug-likeness (QED) is 0.496. The topological polar surface area (TPSA) is 71.1 Å². The number of nitrogens with zero attached hydrogens (tertiary/aromatic N) is 2. The highest BCUT2D eigenvalue weighted by Gasteiger charge is 2.23. The van der Waals surface area contributed by atoms with Crippen LogP contribution in [0.4, 0.5) is 4.79 Å². The van der Waals surface area contributed by atoms with Crippen LogP contribution < -0.4 is 14.8 Å². The molecule has 1 heterocycles. The van der Waals surface area contributed by atoms with Gasteiger partial charge in [-0.1, -0.05) is 19.9 Å². The van der Waals surface area contributed by atoms with Gasteiger partial charge in [-0.2, -0.15) is 0 Å². The number of hydrogen-bond donors (Lipinski definition) is 1. The van der Waals surface area contributed by atoms with Crippen LogP contribution in [0, 0.1) is 12.8 Å². The van der Waals surface area contributed by atoms with Crippen LogP contribution in [0.1, 0.15) is 36.8 Å². The number of ether oxygens (including phenoxy) is 2. The number of amides is 3. The van der Waals surface area contributed by atoms with Crippen LogP contribution in [0.15, 0.2) is 29.6 Å². The average Bonchev–Trinajstić information content (AvgIpc) is 3.19. The van der Waals surface area contributed by atoms with E-state index in [1.165, 1.54) is 5.56 Å². The molecule has 33 heavy (non-hydrogen) atoms. The van der Waals surface area contributed by atoms with E-state index in [1.807, 2.05) is 49.3 Å². The van der Waals surface area contributed by atoms with Gasteiger partial charge < -0.3 is 24.6 Å². The van der Waals surface area contributed by atoms with Crippen LogP contribution in [0.25, 0.3) is 0 Å². The number of thiophene rings is 1. The molecule has 0 unspecified atom stereocenters. The largest absolute Gasteiger partial charge is 0.493 e. The van der Waals surface area contributed by atoms with Crippen LogP contribution in [-0.4, -0.2) is 62.1 Å². The third kappa shape index (κ3) is 7.96. The third-order valence-electron chi connectivity index (χ3n) is 5.30. The molecule has 2 rings (SSSR count). The van der Waals surface area contributed by atoms with Gasteiger partial charge in [-0.3, -0.25) is 4.79 Å². The summed E-state index contributed by atoms with van der Waals surface area (Å²) in [6, 6.07) is 7.67. The number of benzene rings is 1. The lowest BCUT2D eigenvalue weighted by atomic mass is 10.1. The van der Waals surface area contributed by atoms with E-state index in [1.54, 1.807) is 30.5 Å². The summed E-state index contributed by atoms with van der Waals surface area (Å²) in [5.74, 6) is 1.55. The lowest BCUT2D eigenvalue weighted by Gasteiger charge is -2.29. The predicted molar refractivity (Wildman–Crippen MR) is 133 cm³/mol. The Balaban J connectivity index is 2.19. The van der Waals surface area contributed by atoms with Crippen molar-refractivity contribution in [2.24, 2.45) is 5.92 Å². The molecule has 2 aromatic rings. The zero-order valence-electron chi connectivity index (χ0n) is 20.6. The maximum absolute atomic E-state index is 13.4. The molecule has 0 atom stereocenters. The number of aryl methyl sites for hydroxylation is 1. The fraction of sp³-hybridized carbons (Fsp3) is 0.520. The van der Waals surface area contributed by atoms with Gasteiger partial charge in [-0.15, -0.1) is 11.3 Å². The van der Waals surface area contributed by atoms with Gasteiger partial charge in [-0.05, 0) is 60.9 Å². The molecule has 0 fully saturated rings. The van der Waals surface area contributed by atoms with Gasteiger partial charge in [0.15, 0.2) is 11.5 Å². The molecule has 0 bridgehead atoms. The van der Waals surface area contributed by atoms with Crippen molar-refractivity contribution in [3.05, 3.63) is 45.6 Å². The monoisotopic (exact) mass is 475 g/mol. The summed E-state index contributed by atoms with van der Waals surface area (Å²) >= 11 is 1.65. The fourth-order valence-corrected chi connectivity index (χ4v) is 4.44. The highest BCUT2D eigenvalue weighted by Crippen LogP contribution is 2.28. The minimum absolute atomic E-state index is 0.0559. The third-order valence-corrected chi connectivity index (χ3v) is 6.31. The number of rotatable bonds is 12. The van der Waals surface area contributed by atoms with E-state index in [9.17, 15) is 9.59 Å². The van der Waals surface area contributed by atoms with Crippen molar-refractivity contribution in [1.82, 2.24) is 15.1 Å². The van der Waals surface area contributed by atoms with Crippen molar-refractivity contribution < 1.29 is 19.1 Å². The van der Waals surface area contributed by atoms with Gasteiger partial charge in [0.1, 0.15) is 6.54 Å². The number of methoxy groups -OCH3 is 2. The summed E-state index contributed by atoms with van der Waals surface area (Å²) in [4.78, 5) is 30.5. The molecule has 1 N–H and O–H groups in total. The Morgan fingerprint density at radius 2 is 1.82 bits per heavy atom. The summed E-state index contributed by atoms with van der Waals surface area (Å²) in [5, 5.41) is 4.87. The van der Waals surface area contributed by atoms with Crippen LogP contribution in [0.3, 0.4) is 0 Å². The van der Waals surface area contributed by atoms with Gasteiger partial charge in [0.25, 0.3) is 0 Å². The standard InChI is InChI=1S/C25H37N3O4S/c1-7-26-25(30)28(15-18(2)3)17-24(29)27(16-23-19(4)11-13-33-23)12-10-20-8-9-21(31-5)22(14-20)32-6/h8-9,11,13-14,18H,7,10,12,15-17H2,1-6H3,(H,26,30). The zero-order valence-corrected chi connectivity index (χ0v) is 21.5. The van der Waals surface area contributed by atoms with Gasteiger partial charge in [-0.25, -0.2) is 4.79 Å². The minimum atomic E-state index is -0.202. The molecular weight excluding hydrogens is 438 g/mol. The van der Waals surface area contributed by atoms with Gasteiger partial charge in [0, 0.05) is 24.5 Å². The normalized spacial score (nSPS) is 10.8. The minimum Gasteiger partial charge on any atom is -0.493 e. The average molecular weight is 476 g/mol. The van der Waals surface area contributed by atoms with Gasteiger partial charge >= 0.3 is 6.03 Å². The van der Waals surface area contributed by atoms with Gasteiger partial charge in [0.05, 0.1) is 20.8 Å². The van der Waals surface area contributed by atoms with E-state index in [0.29, 0.717) is 44.1 Å². The molecule has 8 heteroatoms. The van der Waals surface area contributed by atoms with Crippen molar-refractivity contribution in [3.63, 3.8) is 0 Å². The molecule has 0 aliphatic carbocycles. The maximum Gasteiger partial charge on any atom is 0.317 e. The molecule has 0 spiro atoms.